The summed E-state index contributed by atoms with van der Waals surface area (Å²) in [5.74, 6) is 5.57. The number of likely N-dealkylation sites (tertiary alicyclic amines) is 1. The van der Waals surface area contributed by atoms with Crippen molar-refractivity contribution in [2.75, 3.05) is 70.9 Å². The maximum Gasteiger partial charge on any atom is 0.390 e. The fourth-order valence-electron chi connectivity index (χ4n) is 7.96. The molecule has 3 aliphatic rings. The Morgan fingerprint density at radius 1 is 1.00 bits per heavy atom. The number of fused-ring (bicyclic) bond motifs is 2. The summed E-state index contributed by atoms with van der Waals surface area (Å²) in [4.78, 5) is 56.2. The van der Waals surface area contributed by atoms with Crippen LogP contribution in [-0.2, 0) is 27.9 Å². The average molecular weight is 799 g/mol. The number of imidazole rings is 1. The number of amides is 2. The Morgan fingerprint density at radius 3 is 2.55 bits per heavy atom. The highest BCUT2D eigenvalue weighted by atomic mass is 19.4. The number of benzene rings is 2. The summed E-state index contributed by atoms with van der Waals surface area (Å²) < 4.78 is 46.2. The maximum absolute atomic E-state index is 13.0. The second-order valence-electron chi connectivity index (χ2n) is 15.1. The van der Waals surface area contributed by atoms with Crippen LogP contribution in [0.5, 0.6) is 0 Å². The van der Waals surface area contributed by atoms with Crippen molar-refractivity contribution in [2.45, 2.75) is 44.1 Å². The summed E-state index contributed by atoms with van der Waals surface area (Å²) in [7, 11) is 1.66. The molecular weight excluding hydrogens is 754 g/mol. The second kappa shape index (κ2) is 16.7. The van der Waals surface area contributed by atoms with Gasteiger partial charge in [-0.15, -0.1) is 0 Å². The smallest absolute Gasteiger partial charge is 0.367 e. The lowest BCUT2D eigenvalue weighted by atomic mass is 10.0. The van der Waals surface area contributed by atoms with Gasteiger partial charge in [-0.1, -0.05) is 36.1 Å². The van der Waals surface area contributed by atoms with Crippen LogP contribution in [0.1, 0.15) is 36.4 Å². The van der Waals surface area contributed by atoms with Gasteiger partial charge in [0.1, 0.15) is 18.3 Å². The highest BCUT2D eigenvalue weighted by Gasteiger charge is 2.34. The van der Waals surface area contributed by atoms with Gasteiger partial charge in [0.15, 0.2) is 0 Å². The van der Waals surface area contributed by atoms with Crippen molar-refractivity contribution < 1.29 is 27.5 Å². The van der Waals surface area contributed by atoms with Crippen molar-refractivity contribution in [3.8, 4) is 23.0 Å². The van der Waals surface area contributed by atoms with E-state index in [2.05, 4.69) is 76.4 Å². The van der Waals surface area contributed by atoms with Crippen LogP contribution in [0.4, 0.5) is 19.1 Å². The van der Waals surface area contributed by atoms with Gasteiger partial charge in [-0.2, -0.15) is 18.2 Å². The average Bonchev–Trinajstić information content (AvgIpc) is 3.71. The predicted molar refractivity (Wildman–Crippen MR) is 212 cm³/mol. The number of carbonyl (C=O) groups is 2. The molecule has 3 fully saturated rings. The molecule has 17 heteroatoms. The molecule has 0 saturated carbocycles. The molecular formula is C41H45F3N10O4. The Kier molecular flexibility index (Phi) is 11.3. The first-order valence-electron chi connectivity index (χ1n) is 19.5. The molecule has 2 amide bonds. The van der Waals surface area contributed by atoms with Gasteiger partial charge in [0.2, 0.25) is 17.8 Å². The number of piperidine rings is 1. The van der Waals surface area contributed by atoms with Crippen molar-refractivity contribution in [1.82, 2.24) is 44.1 Å². The Labute approximate surface area is 332 Å². The molecule has 8 rings (SSSR count). The summed E-state index contributed by atoms with van der Waals surface area (Å²) in [5, 5.41) is 5.78. The van der Waals surface area contributed by atoms with Crippen LogP contribution in [0.3, 0.4) is 0 Å². The lowest BCUT2D eigenvalue weighted by Crippen LogP contribution is -2.63. The molecule has 0 bridgehead atoms. The van der Waals surface area contributed by atoms with Crippen LogP contribution in [-0.4, -0.2) is 128 Å². The van der Waals surface area contributed by atoms with Crippen molar-refractivity contribution in [2.24, 2.45) is 7.05 Å². The number of alkyl halides is 3. The molecule has 3 aliphatic heterocycles. The van der Waals surface area contributed by atoms with E-state index in [1.165, 1.54) is 14.7 Å². The number of H-pyrrole nitrogens is 1. The number of halogens is 3. The molecule has 0 radical (unpaired) electrons. The molecule has 1 atom stereocenters. The van der Waals surface area contributed by atoms with E-state index in [1.54, 1.807) is 19.3 Å². The zero-order chi connectivity index (χ0) is 40.4. The fourth-order valence-corrected chi connectivity index (χ4v) is 7.96. The topological polar surface area (TPSA) is 146 Å². The largest absolute Gasteiger partial charge is 0.390 e. The van der Waals surface area contributed by atoms with E-state index in [-0.39, 0.29) is 36.9 Å². The minimum absolute atomic E-state index is 0.160. The van der Waals surface area contributed by atoms with Crippen LogP contribution in [0.15, 0.2) is 59.7 Å². The lowest BCUT2D eigenvalue weighted by Gasteiger charge is -2.48. The van der Waals surface area contributed by atoms with E-state index in [4.69, 9.17) is 4.74 Å². The Bertz CT molecular complexity index is 2420. The number of aryl methyl sites for hydroxylation is 1. The zero-order valence-corrected chi connectivity index (χ0v) is 32.1. The standard InChI is InChI=1S/C41H45F3N10O4/c1-50-35-21-27(6-9-33(35)54(40(50)57)34-10-11-36(55)48-38(34)56)3-2-19-58-20-18-52-25-30(26-52)53-16-14-51(15-17-53)24-28-4-7-29(8-5-28)31-22-46-37-32(31)23-47-39(49-37)45-13-12-41(42,43)44/h4-9,21-23,30,34H,10-20,24-26H2,1H3,(H,48,55,56)(H2,45,46,47,49)/t34-/m0/s1. The third-order valence-electron chi connectivity index (χ3n) is 11.2. The van der Waals surface area contributed by atoms with Gasteiger partial charge < -0.3 is 15.0 Å². The minimum atomic E-state index is -4.23. The number of carbonyl (C=O) groups excluding carboxylic acids is 2. The summed E-state index contributed by atoms with van der Waals surface area (Å²) in [5.41, 5.74) is 5.49. The number of nitrogens with zero attached hydrogens (tertiary/aromatic N) is 7. The number of hydrogen-bond acceptors (Lipinski definition) is 10. The van der Waals surface area contributed by atoms with Gasteiger partial charge in [-0.25, -0.2) is 9.78 Å². The second-order valence-corrected chi connectivity index (χ2v) is 15.1. The van der Waals surface area contributed by atoms with E-state index in [9.17, 15) is 27.6 Å². The quantitative estimate of drug-likeness (QED) is 0.0975. The molecule has 0 aliphatic carbocycles. The molecule has 3 aromatic heterocycles. The summed E-state index contributed by atoms with van der Waals surface area (Å²) >= 11 is 0. The molecule has 304 valence electrons. The first kappa shape index (κ1) is 39.3. The highest BCUT2D eigenvalue weighted by Crippen LogP contribution is 2.29. The molecule has 5 aromatic rings. The number of nitrogens with one attached hydrogen (secondary N) is 3. The summed E-state index contributed by atoms with van der Waals surface area (Å²) in [6.07, 6.45) is -1.22. The van der Waals surface area contributed by atoms with Crippen molar-refractivity contribution in [3.63, 3.8) is 0 Å². The molecule has 3 saturated heterocycles. The number of imide groups is 1. The van der Waals surface area contributed by atoms with Gasteiger partial charge in [-0.3, -0.25) is 38.7 Å². The van der Waals surface area contributed by atoms with Gasteiger partial charge in [0, 0.05) is 107 Å². The van der Waals surface area contributed by atoms with Crippen molar-refractivity contribution >= 4 is 39.8 Å². The van der Waals surface area contributed by atoms with Crippen LogP contribution < -0.4 is 16.3 Å². The van der Waals surface area contributed by atoms with Crippen LogP contribution in [0, 0.1) is 11.8 Å². The third-order valence-corrected chi connectivity index (χ3v) is 11.2. The van der Waals surface area contributed by atoms with Crippen LogP contribution in [0.25, 0.3) is 33.2 Å². The molecule has 14 nitrogen and oxygen atoms in total. The molecule has 0 spiro atoms. The Balaban J connectivity index is 0.730. The summed E-state index contributed by atoms with van der Waals surface area (Å²) in [6, 6.07) is 13.7. The van der Waals surface area contributed by atoms with E-state index in [1.807, 2.05) is 18.3 Å². The molecule has 6 heterocycles. The number of hydrogen-bond donors (Lipinski definition) is 3. The summed E-state index contributed by atoms with van der Waals surface area (Å²) in [6.45, 7) is 8.49. The molecule has 3 N–H and O–H groups in total. The van der Waals surface area contributed by atoms with E-state index < -0.39 is 24.5 Å². The number of rotatable bonds is 12. The molecule has 58 heavy (non-hydrogen) atoms. The van der Waals surface area contributed by atoms with Crippen LogP contribution >= 0.6 is 0 Å². The van der Waals surface area contributed by atoms with Gasteiger partial charge in [0.25, 0.3) is 0 Å². The first-order chi connectivity index (χ1) is 28.0. The lowest BCUT2D eigenvalue weighted by molar-refractivity contribution is -0.136. The Morgan fingerprint density at radius 2 is 1.79 bits per heavy atom. The van der Waals surface area contributed by atoms with Gasteiger partial charge in [-0.05, 0) is 35.7 Å². The fraction of sp³-hybridized carbons (Fsp3) is 0.439. The SMILES string of the molecule is Cn1c(=O)n([C@H]2CCC(=O)NC2=O)c2ccc(C#CCOCCN3CC(N4CCN(Cc5ccc(-c6c[nH]c7nc(NCCC(F)(F)F)ncc67)cc5)CC4)C3)cc21. The maximum atomic E-state index is 13.0. The predicted octanol–water partition coefficient (Wildman–Crippen LogP) is 3.49. The normalized spacial score (nSPS) is 18.7. The van der Waals surface area contributed by atoms with Gasteiger partial charge in [0.05, 0.1) is 24.1 Å². The third kappa shape index (κ3) is 8.80. The minimum Gasteiger partial charge on any atom is -0.367 e. The number of aromatic amines is 1. The van der Waals surface area contributed by atoms with E-state index >= 15 is 0 Å². The first-order valence-corrected chi connectivity index (χ1v) is 19.5. The number of anilines is 1. The van der Waals surface area contributed by atoms with E-state index in [0.717, 1.165) is 74.4 Å². The molecule has 0 unspecified atom stereocenters. The number of ether oxygens (including phenoxy) is 1. The highest BCUT2D eigenvalue weighted by molar-refractivity contribution is 6.00. The van der Waals surface area contributed by atoms with Crippen molar-refractivity contribution in [3.05, 3.63) is 76.5 Å². The van der Waals surface area contributed by atoms with Crippen molar-refractivity contribution in [1.29, 1.82) is 0 Å². The monoisotopic (exact) mass is 798 g/mol. The number of piperazine rings is 1. The zero-order valence-electron chi connectivity index (χ0n) is 32.1. The van der Waals surface area contributed by atoms with E-state index in [0.29, 0.717) is 35.9 Å². The molecule has 2 aromatic carbocycles. The number of aromatic nitrogens is 5. The Hall–Kier alpha value is -5.54. The van der Waals surface area contributed by atoms with Gasteiger partial charge >= 0.3 is 11.9 Å². The van der Waals surface area contributed by atoms with Crippen LogP contribution in [0.2, 0.25) is 0 Å².